The Bertz CT molecular complexity index is 1060. The van der Waals surface area contributed by atoms with Gasteiger partial charge in [0, 0.05) is 16.7 Å². The SMILES string of the molecule is CC(C)(C(=O)Nc1ccn(-c2ccccc2)n1)S(=O)(=O)c1ccc(Br)cc1. The van der Waals surface area contributed by atoms with Crippen LogP contribution in [0.3, 0.4) is 0 Å². The molecule has 1 amide bonds. The number of carbonyl (C=O) groups excluding carboxylic acids is 1. The van der Waals surface area contributed by atoms with Crippen molar-refractivity contribution in [3.63, 3.8) is 0 Å². The van der Waals surface area contributed by atoms with Crippen molar-refractivity contribution in [2.24, 2.45) is 0 Å². The number of anilines is 1. The zero-order valence-corrected chi connectivity index (χ0v) is 17.2. The summed E-state index contributed by atoms with van der Waals surface area (Å²) >= 11 is 3.27. The van der Waals surface area contributed by atoms with Gasteiger partial charge in [-0.15, -0.1) is 0 Å². The maximum absolute atomic E-state index is 12.9. The number of nitrogens with zero attached hydrogens (tertiary/aromatic N) is 2. The second-order valence-corrected chi connectivity index (χ2v) is 9.82. The minimum atomic E-state index is -3.89. The fourth-order valence-electron chi connectivity index (χ4n) is 2.41. The molecule has 0 aliphatic heterocycles. The fourth-order valence-corrected chi connectivity index (χ4v) is 4.06. The number of amides is 1. The third-order valence-electron chi connectivity index (χ3n) is 4.19. The Morgan fingerprint density at radius 2 is 1.67 bits per heavy atom. The first-order valence-corrected chi connectivity index (χ1v) is 10.4. The summed E-state index contributed by atoms with van der Waals surface area (Å²) in [6.07, 6.45) is 1.70. The minimum Gasteiger partial charge on any atom is -0.308 e. The van der Waals surface area contributed by atoms with Gasteiger partial charge in [0.05, 0.1) is 10.6 Å². The number of hydrogen-bond acceptors (Lipinski definition) is 4. The Balaban J connectivity index is 1.82. The summed E-state index contributed by atoms with van der Waals surface area (Å²) in [6.45, 7) is 2.77. The summed E-state index contributed by atoms with van der Waals surface area (Å²) in [5, 5.41) is 6.88. The molecule has 0 atom stereocenters. The minimum absolute atomic E-state index is 0.0839. The normalized spacial score (nSPS) is 12.0. The third-order valence-corrected chi connectivity index (χ3v) is 7.14. The smallest absolute Gasteiger partial charge is 0.246 e. The van der Waals surface area contributed by atoms with E-state index in [0.29, 0.717) is 0 Å². The van der Waals surface area contributed by atoms with Gasteiger partial charge in [0.15, 0.2) is 15.7 Å². The third kappa shape index (κ3) is 3.81. The van der Waals surface area contributed by atoms with Crippen molar-refractivity contribution in [2.75, 3.05) is 5.32 Å². The van der Waals surface area contributed by atoms with Crippen LogP contribution in [0.4, 0.5) is 5.82 Å². The van der Waals surface area contributed by atoms with Crippen LogP contribution in [0, 0.1) is 0 Å². The number of rotatable bonds is 5. The number of aromatic nitrogens is 2. The van der Waals surface area contributed by atoms with Gasteiger partial charge in [-0.1, -0.05) is 34.1 Å². The molecule has 0 aliphatic carbocycles. The van der Waals surface area contributed by atoms with E-state index in [1.165, 1.54) is 26.0 Å². The van der Waals surface area contributed by atoms with Crippen LogP contribution in [0.5, 0.6) is 0 Å². The Labute approximate surface area is 166 Å². The zero-order chi connectivity index (χ0) is 19.7. The molecule has 0 fully saturated rings. The molecule has 0 saturated heterocycles. The summed E-state index contributed by atoms with van der Waals surface area (Å²) in [6, 6.07) is 17.2. The lowest BCUT2D eigenvalue weighted by Gasteiger charge is -2.23. The molecule has 140 valence electrons. The van der Waals surface area contributed by atoms with Crippen molar-refractivity contribution >= 4 is 37.5 Å². The Morgan fingerprint density at radius 1 is 1.04 bits per heavy atom. The highest BCUT2D eigenvalue weighted by molar-refractivity contribution is 9.10. The van der Waals surface area contributed by atoms with Crippen molar-refractivity contribution < 1.29 is 13.2 Å². The Hall–Kier alpha value is -2.45. The molecule has 0 bridgehead atoms. The van der Waals surface area contributed by atoms with Gasteiger partial charge in [-0.3, -0.25) is 4.79 Å². The van der Waals surface area contributed by atoms with E-state index in [9.17, 15) is 13.2 Å². The van der Waals surface area contributed by atoms with Gasteiger partial charge in [-0.25, -0.2) is 13.1 Å². The van der Waals surface area contributed by atoms with Crippen LogP contribution in [-0.4, -0.2) is 28.9 Å². The van der Waals surface area contributed by atoms with Crippen LogP contribution in [-0.2, 0) is 14.6 Å². The van der Waals surface area contributed by atoms with Gasteiger partial charge in [0.1, 0.15) is 4.75 Å². The predicted octanol–water partition coefficient (Wildman–Crippen LogP) is 3.83. The van der Waals surface area contributed by atoms with Crippen molar-refractivity contribution in [1.82, 2.24) is 9.78 Å². The van der Waals surface area contributed by atoms with Crippen LogP contribution in [0.2, 0.25) is 0 Å². The van der Waals surface area contributed by atoms with Gasteiger partial charge in [0.2, 0.25) is 5.91 Å². The average Bonchev–Trinajstić information content (AvgIpc) is 3.11. The predicted molar refractivity (Wildman–Crippen MR) is 108 cm³/mol. The van der Waals surface area contributed by atoms with Crippen LogP contribution >= 0.6 is 15.9 Å². The molecule has 0 radical (unpaired) electrons. The molecule has 0 saturated carbocycles. The topological polar surface area (TPSA) is 81.1 Å². The van der Waals surface area contributed by atoms with Crippen LogP contribution in [0.25, 0.3) is 5.69 Å². The first kappa shape index (κ1) is 19.3. The van der Waals surface area contributed by atoms with E-state index >= 15 is 0 Å². The Kier molecular flexibility index (Phi) is 5.21. The van der Waals surface area contributed by atoms with Gasteiger partial charge in [0.25, 0.3) is 0 Å². The molecular weight excluding hydrogens is 430 g/mol. The van der Waals surface area contributed by atoms with Gasteiger partial charge in [-0.05, 0) is 50.2 Å². The summed E-state index contributed by atoms with van der Waals surface area (Å²) in [4.78, 5) is 12.8. The molecule has 3 rings (SSSR count). The monoisotopic (exact) mass is 447 g/mol. The van der Waals surface area contributed by atoms with E-state index < -0.39 is 20.5 Å². The van der Waals surface area contributed by atoms with Crippen LogP contribution in [0.15, 0.2) is 76.2 Å². The maximum atomic E-state index is 12.9. The molecule has 0 spiro atoms. The number of carbonyl (C=O) groups is 1. The summed E-state index contributed by atoms with van der Waals surface area (Å²) in [5.41, 5.74) is 0.833. The number of sulfone groups is 1. The molecule has 6 nitrogen and oxygen atoms in total. The molecule has 2 aromatic carbocycles. The van der Waals surface area contributed by atoms with E-state index in [1.807, 2.05) is 30.3 Å². The number of halogens is 1. The number of hydrogen-bond donors (Lipinski definition) is 1. The van der Waals surface area contributed by atoms with Crippen molar-refractivity contribution in [3.8, 4) is 5.69 Å². The van der Waals surface area contributed by atoms with Crippen LogP contribution in [0.1, 0.15) is 13.8 Å². The molecule has 1 aromatic heterocycles. The molecule has 27 heavy (non-hydrogen) atoms. The first-order chi connectivity index (χ1) is 12.7. The molecule has 3 aromatic rings. The average molecular weight is 448 g/mol. The summed E-state index contributed by atoms with van der Waals surface area (Å²) in [7, 11) is -3.89. The van der Waals surface area contributed by atoms with E-state index in [4.69, 9.17) is 0 Å². The molecule has 8 heteroatoms. The maximum Gasteiger partial charge on any atom is 0.246 e. The van der Waals surface area contributed by atoms with Gasteiger partial charge in [-0.2, -0.15) is 5.10 Å². The largest absolute Gasteiger partial charge is 0.308 e. The fraction of sp³-hybridized carbons (Fsp3) is 0.158. The van der Waals surface area contributed by atoms with Crippen LogP contribution < -0.4 is 5.32 Å². The zero-order valence-electron chi connectivity index (χ0n) is 14.8. The molecule has 0 aliphatic rings. The van der Waals surface area contributed by atoms with Crippen molar-refractivity contribution in [1.29, 1.82) is 0 Å². The van der Waals surface area contributed by atoms with E-state index in [2.05, 4.69) is 26.3 Å². The highest BCUT2D eigenvalue weighted by atomic mass is 79.9. The van der Waals surface area contributed by atoms with Gasteiger partial charge >= 0.3 is 0 Å². The lowest BCUT2D eigenvalue weighted by molar-refractivity contribution is -0.117. The quantitative estimate of drug-likeness (QED) is 0.644. The van der Waals surface area contributed by atoms with E-state index in [0.717, 1.165) is 10.2 Å². The standard InChI is InChI=1S/C19H18BrN3O3S/c1-19(2,27(25,26)16-10-8-14(20)9-11-16)18(24)21-17-12-13-23(22-17)15-6-4-3-5-7-15/h3-13H,1-2H3,(H,21,22,24). The second-order valence-electron chi connectivity index (χ2n) is 6.40. The van der Waals surface area contributed by atoms with Crippen molar-refractivity contribution in [3.05, 3.63) is 71.3 Å². The molecular formula is C19H18BrN3O3S. The highest BCUT2D eigenvalue weighted by Gasteiger charge is 2.43. The highest BCUT2D eigenvalue weighted by Crippen LogP contribution is 2.28. The van der Waals surface area contributed by atoms with E-state index in [-0.39, 0.29) is 10.7 Å². The summed E-state index contributed by atoms with van der Waals surface area (Å²) in [5.74, 6) is -0.369. The summed E-state index contributed by atoms with van der Waals surface area (Å²) < 4.78 is 26.5. The number of para-hydroxylation sites is 1. The number of benzene rings is 2. The Morgan fingerprint density at radius 3 is 2.30 bits per heavy atom. The van der Waals surface area contributed by atoms with Gasteiger partial charge < -0.3 is 5.32 Å². The number of nitrogens with one attached hydrogen (secondary N) is 1. The lowest BCUT2D eigenvalue weighted by Crippen LogP contribution is -2.44. The molecule has 1 heterocycles. The van der Waals surface area contributed by atoms with Crippen molar-refractivity contribution in [2.45, 2.75) is 23.5 Å². The lowest BCUT2D eigenvalue weighted by atomic mass is 10.2. The second kappa shape index (κ2) is 7.28. The van der Waals surface area contributed by atoms with E-state index in [1.54, 1.807) is 29.1 Å². The molecule has 1 N–H and O–H groups in total. The molecule has 0 unspecified atom stereocenters. The first-order valence-electron chi connectivity index (χ1n) is 8.14.